The van der Waals surface area contributed by atoms with Crippen molar-refractivity contribution in [2.75, 3.05) is 13.2 Å². The van der Waals surface area contributed by atoms with Crippen LogP contribution in [0.3, 0.4) is 0 Å². The summed E-state index contributed by atoms with van der Waals surface area (Å²) in [6.07, 6.45) is 2.37. The fourth-order valence-corrected chi connectivity index (χ4v) is 3.55. The van der Waals surface area contributed by atoms with Crippen molar-refractivity contribution in [1.82, 2.24) is 4.72 Å². The lowest BCUT2D eigenvalue weighted by molar-refractivity contribution is 0.133. The largest absolute Gasteiger partial charge is 0.483 e. The van der Waals surface area contributed by atoms with E-state index in [0.717, 1.165) is 28.7 Å². The van der Waals surface area contributed by atoms with Gasteiger partial charge in [0.25, 0.3) is 0 Å². The first kappa shape index (κ1) is 20.0. The Labute approximate surface area is 166 Å². The van der Waals surface area contributed by atoms with Crippen LogP contribution < -0.4 is 14.2 Å². The smallest absolute Gasteiger partial charge is 0.234 e. The lowest BCUT2D eigenvalue weighted by Gasteiger charge is -2.17. The van der Waals surface area contributed by atoms with E-state index in [1.54, 1.807) is 0 Å². The minimum atomic E-state index is -3.53. The summed E-state index contributed by atoms with van der Waals surface area (Å²) in [6.45, 7) is 4.24. The van der Waals surface area contributed by atoms with Crippen LogP contribution in [0.25, 0.3) is 6.08 Å². The highest BCUT2D eigenvalue weighted by Crippen LogP contribution is 2.41. The summed E-state index contributed by atoms with van der Waals surface area (Å²) in [7, 11) is -3.53. The first-order valence-electron chi connectivity index (χ1n) is 8.97. The zero-order valence-electron chi connectivity index (χ0n) is 15.9. The summed E-state index contributed by atoms with van der Waals surface area (Å²) >= 11 is 0. The van der Waals surface area contributed by atoms with Crippen molar-refractivity contribution in [1.29, 1.82) is 0 Å². The van der Waals surface area contributed by atoms with Gasteiger partial charge in [-0.2, -0.15) is 4.72 Å². The van der Waals surface area contributed by atoms with Gasteiger partial charge in [-0.15, -0.1) is 0 Å². The first-order valence-corrected chi connectivity index (χ1v) is 10.5. The summed E-state index contributed by atoms with van der Waals surface area (Å²) in [6, 6.07) is 15.0. The third-order valence-corrected chi connectivity index (χ3v) is 5.12. The highest BCUT2D eigenvalue weighted by atomic mass is 32.2. The molecule has 0 aliphatic carbocycles. The van der Waals surface area contributed by atoms with Crippen molar-refractivity contribution >= 4 is 16.1 Å². The van der Waals surface area contributed by atoms with Crippen LogP contribution in [0.1, 0.15) is 25.0 Å². The molecule has 6 heteroatoms. The fraction of sp³-hybridized carbons (Fsp3) is 0.273. The summed E-state index contributed by atoms with van der Waals surface area (Å²) < 4.78 is 37.9. The van der Waals surface area contributed by atoms with Crippen LogP contribution in [0.4, 0.5) is 0 Å². The average Bonchev–Trinajstić information content (AvgIpc) is 2.98. The monoisotopic (exact) mass is 397 g/mol. The number of hydrogen-bond donors (Lipinski definition) is 1. The standard InChI is InChI=1S/C22H23NO4S/c1-22(2)17-19-11-8-12-20(21(19)27-22)26-15-7-6-14-23-28(24,25)16-13-18-9-4-3-5-10-18/h3-5,8-13,16,23H,14-15,17H2,1-2H3/b16-13+. The Bertz CT molecular complexity index is 1020. The van der Waals surface area contributed by atoms with Gasteiger partial charge in [-0.25, -0.2) is 8.42 Å². The number of fused-ring (bicyclic) bond motifs is 1. The molecular formula is C22H23NO4S. The molecular weight excluding hydrogens is 374 g/mol. The van der Waals surface area contributed by atoms with Crippen LogP contribution in [0, 0.1) is 11.8 Å². The van der Waals surface area contributed by atoms with E-state index < -0.39 is 10.0 Å². The molecule has 0 saturated heterocycles. The normalized spacial score (nSPS) is 14.8. The van der Waals surface area contributed by atoms with E-state index in [1.807, 2.05) is 62.4 Å². The van der Waals surface area contributed by atoms with Gasteiger partial charge in [-0.3, -0.25) is 0 Å². The second-order valence-corrected chi connectivity index (χ2v) is 8.66. The Kier molecular flexibility index (Phi) is 6.08. The third-order valence-electron chi connectivity index (χ3n) is 4.08. The Morgan fingerprint density at radius 3 is 2.71 bits per heavy atom. The SMILES string of the molecule is CC1(C)Cc2cccc(OCC#CCNS(=O)(=O)/C=C/c3ccccc3)c2O1. The summed E-state index contributed by atoms with van der Waals surface area (Å²) in [5.41, 5.74) is 1.69. The molecule has 0 aromatic heterocycles. The molecule has 0 saturated carbocycles. The summed E-state index contributed by atoms with van der Waals surface area (Å²) in [4.78, 5) is 0. The molecule has 0 spiro atoms. The number of ether oxygens (including phenoxy) is 2. The van der Waals surface area contributed by atoms with E-state index in [2.05, 4.69) is 16.6 Å². The topological polar surface area (TPSA) is 64.6 Å². The van der Waals surface area contributed by atoms with Crippen molar-refractivity contribution in [3.05, 3.63) is 65.1 Å². The molecule has 1 aliphatic rings. The van der Waals surface area contributed by atoms with Crippen molar-refractivity contribution in [3.8, 4) is 23.3 Å². The third kappa shape index (κ3) is 5.62. The number of nitrogens with one attached hydrogen (secondary N) is 1. The summed E-state index contributed by atoms with van der Waals surface area (Å²) in [5, 5.41) is 1.13. The minimum absolute atomic E-state index is 0.0151. The summed E-state index contributed by atoms with van der Waals surface area (Å²) in [5.74, 6) is 6.99. The maximum absolute atomic E-state index is 11.9. The van der Waals surface area contributed by atoms with E-state index >= 15 is 0 Å². The number of para-hydroxylation sites is 1. The molecule has 0 bridgehead atoms. The molecule has 28 heavy (non-hydrogen) atoms. The van der Waals surface area contributed by atoms with Gasteiger partial charge in [-0.05, 0) is 31.6 Å². The average molecular weight is 397 g/mol. The van der Waals surface area contributed by atoms with Crippen molar-refractivity contribution in [2.24, 2.45) is 0 Å². The van der Waals surface area contributed by atoms with Crippen LogP contribution in [-0.4, -0.2) is 27.2 Å². The number of benzene rings is 2. The van der Waals surface area contributed by atoms with Gasteiger partial charge in [-0.1, -0.05) is 54.3 Å². The predicted octanol–water partition coefficient (Wildman–Crippen LogP) is 3.37. The van der Waals surface area contributed by atoms with Gasteiger partial charge in [0.2, 0.25) is 10.0 Å². The lowest BCUT2D eigenvalue weighted by atomic mass is 10.0. The minimum Gasteiger partial charge on any atom is -0.483 e. The highest BCUT2D eigenvalue weighted by Gasteiger charge is 2.32. The van der Waals surface area contributed by atoms with Crippen LogP contribution in [0.2, 0.25) is 0 Å². The zero-order valence-corrected chi connectivity index (χ0v) is 16.8. The van der Waals surface area contributed by atoms with Gasteiger partial charge in [0.05, 0.1) is 6.54 Å². The van der Waals surface area contributed by atoms with E-state index in [0.29, 0.717) is 5.75 Å². The molecule has 1 heterocycles. The van der Waals surface area contributed by atoms with Gasteiger partial charge in [0, 0.05) is 17.4 Å². The van der Waals surface area contributed by atoms with Crippen LogP contribution in [0.15, 0.2) is 53.9 Å². The van der Waals surface area contributed by atoms with Crippen LogP contribution >= 0.6 is 0 Å². The molecule has 2 aromatic carbocycles. The maximum Gasteiger partial charge on any atom is 0.234 e. The van der Waals surface area contributed by atoms with Gasteiger partial charge in [0.15, 0.2) is 11.5 Å². The second kappa shape index (κ2) is 8.51. The molecule has 2 aromatic rings. The maximum atomic E-state index is 11.9. The highest BCUT2D eigenvalue weighted by molar-refractivity contribution is 7.92. The molecule has 0 fully saturated rings. The van der Waals surface area contributed by atoms with Crippen molar-refractivity contribution < 1.29 is 17.9 Å². The molecule has 1 aliphatic heterocycles. The first-order chi connectivity index (χ1) is 13.3. The Hall–Kier alpha value is -2.75. The molecule has 0 amide bonds. The Morgan fingerprint density at radius 1 is 1.14 bits per heavy atom. The van der Waals surface area contributed by atoms with Gasteiger partial charge in [0.1, 0.15) is 12.2 Å². The second-order valence-electron chi connectivity index (χ2n) is 7.00. The zero-order chi connectivity index (χ0) is 20.0. The quantitative estimate of drug-likeness (QED) is 0.759. The van der Waals surface area contributed by atoms with Gasteiger partial charge < -0.3 is 9.47 Å². The van der Waals surface area contributed by atoms with Crippen LogP contribution in [0.5, 0.6) is 11.5 Å². The van der Waals surface area contributed by atoms with Crippen LogP contribution in [-0.2, 0) is 16.4 Å². The van der Waals surface area contributed by atoms with Gasteiger partial charge >= 0.3 is 0 Å². The van der Waals surface area contributed by atoms with Crippen molar-refractivity contribution in [3.63, 3.8) is 0 Å². The predicted molar refractivity (Wildman–Crippen MR) is 111 cm³/mol. The van der Waals surface area contributed by atoms with E-state index in [-0.39, 0.29) is 18.8 Å². The number of rotatable bonds is 6. The number of sulfonamides is 1. The lowest BCUT2D eigenvalue weighted by Crippen LogP contribution is -2.24. The molecule has 5 nitrogen and oxygen atoms in total. The fourth-order valence-electron chi connectivity index (χ4n) is 2.85. The Morgan fingerprint density at radius 2 is 1.93 bits per heavy atom. The molecule has 146 valence electrons. The van der Waals surface area contributed by atoms with Crippen molar-refractivity contribution in [2.45, 2.75) is 25.9 Å². The van der Waals surface area contributed by atoms with E-state index in [4.69, 9.17) is 9.47 Å². The molecule has 0 atom stereocenters. The van der Waals surface area contributed by atoms with E-state index in [9.17, 15) is 8.42 Å². The molecule has 0 radical (unpaired) electrons. The van der Waals surface area contributed by atoms with E-state index in [1.165, 1.54) is 6.08 Å². The molecule has 3 rings (SSSR count). The molecule has 0 unspecified atom stereocenters. The Balaban J connectivity index is 1.48. The molecule has 1 N–H and O–H groups in total. The number of hydrogen-bond acceptors (Lipinski definition) is 4.